The second kappa shape index (κ2) is 17.0. The number of hydrogen-bond donors (Lipinski definition) is 6. The van der Waals surface area contributed by atoms with E-state index in [0.29, 0.717) is 61.2 Å². The van der Waals surface area contributed by atoms with Crippen LogP contribution in [0.2, 0.25) is 0 Å². The topological polar surface area (TPSA) is 214 Å². The van der Waals surface area contributed by atoms with Crippen LogP contribution in [0.3, 0.4) is 0 Å². The third-order valence-electron chi connectivity index (χ3n) is 6.96. The number of oxime groups is 1. The quantitative estimate of drug-likeness (QED) is 0.113. The van der Waals surface area contributed by atoms with Crippen LogP contribution in [0.25, 0.3) is 0 Å². The molecule has 2 aromatic carbocycles. The van der Waals surface area contributed by atoms with Gasteiger partial charge in [-0.25, -0.2) is 9.18 Å². The second-order valence-electron chi connectivity index (χ2n) is 10.6. The highest BCUT2D eigenvalue weighted by Gasteiger charge is 2.40. The molecule has 6 N–H and O–H groups in total. The molecular weight excluding hydrogens is 639 g/mol. The van der Waals surface area contributed by atoms with E-state index in [1.54, 1.807) is 12.3 Å². The lowest BCUT2D eigenvalue weighted by Crippen LogP contribution is -2.51. The van der Waals surface area contributed by atoms with Crippen LogP contribution in [-0.2, 0) is 24.0 Å². The number of carbonyl (C=O) groups excluding carboxylic acids is 1. The summed E-state index contributed by atoms with van der Waals surface area (Å²) in [5.74, 6) is -5.44. The van der Waals surface area contributed by atoms with Gasteiger partial charge < -0.3 is 40.4 Å². The zero-order chi connectivity index (χ0) is 34.6. The molecule has 1 atom stereocenters. The van der Waals surface area contributed by atoms with Gasteiger partial charge in [0, 0.05) is 45.1 Å². The number of nitrogens with one attached hydrogen (secondary N) is 2. The third-order valence-corrected chi connectivity index (χ3v) is 7.31. The van der Waals surface area contributed by atoms with Crippen LogP contribution in [-0.4, -0.2) is 111 Å². The van der Waals surface area contributed by atoms with Gasteiger partial charge in [0.1, 0.15) is 11.9 Å². The fraction of sp³-hybridized carbons (Fsp3) is 0.367. The van der Waals surface area contributed by atoms with Gasteiger partial charge >= 0.3 is 17.9 Å². The molecule has 0 spiro atoms. The number of carboxylic acid groups (broad SMARTS) is 3. The van der Waals surface area contributed by atoms with E-state index in [-0.39, 0.29) is 17.8 Å². The Bertz CT molecular complexity index is 1500. The molecule has 1 saturated heterocycles. The Morgan fingerprint density at radius 2 is 1.70 bits per heavy atom. The summed E-state index contributed by atoms with van der Waals surface area (Å²) < 4.78 is 15.0. The molecule has 0 aliphatic carbocycles. The highest BCUT2D eigenvalue weighted by Crippen LogP contribution is 2.25. The number of nitrogens with zero attached hydrogens (tertiary/aromatic N) is 4. The molecule has 0 aromatic heterocycles. The van der Waals surface area contributed by atoms with Crippen molar-refractivity contribution < 1.29 is 48.8 Å². The van der Waals surface area contributed by atoms with Crippen molar-refractivity contribution in [2.45, 2.75) is 37.9 Å². The summed E-state index contributed by atoms with van der Waals surface area (Å²) in [7, 11) is 0. The molecule has 2 aromatic rings. The Morgan fingerprint density at radius 3 is 2.26 bits per heavy atom. The summed E-state index contributed by atoms with van der Waals surface area (Å²) in [6.07, 6.45) is -0.274. The van der Waals surface area contributed by atoms with Gasteiger partial charge in [-0.05, 0) is 29.9 Å². The average Bonchev–Trinajstić information content (AvgIpc) is 3.49. The number of benzene rings is 2. The fourth-order valence-electron chi connectivity index (χ4n) is 4.55. The smallest absolute Gasteiger partial charge is 0.336 e. The Hall–Kier alpha value is -5.16. The van der Waals surface area contributed by atoms with Gasteiger partial charge in [-0.1, -0.05) is 41.6 Å². The van der Waals surface area contributed by atoms with E-state index in [9.17, 15) is 23.6 Å². The van der Waals surface area contributed by atoms with E-state index in [1.165, 1.54) is 13.0 Å². The summed E-state index contributed by atoms with van der Waals surface area (Å²) in [6, 6.07) is 14.9. The number of anilines is 1. The van der Waals surface area contributed by atoms with Crippen LogP contribution in [0.15, 0.2) is 58.8 Å². The molecule has 1 fully saturated rings. The zero-order valence-corrected chi connectivity index (χ0v) is 26.2. The standard InChI is InChI=1S/C24H27FN6O2S.C6H8O7/c1-17(32)26-16-20-14-22(29-33-20)19-7-8-23(21(25)13-19)30-9-11-31(12-10-30)24(34)28-27-15-18-5-3-2-4-6-18;7-3(8)1-6(13,5(11)12)2-4(9)10/h2-8,13,15,20H,9-12,14,16H2,1H3,(H,26,32)(H,28,34);13H,1-2H2,(H,7,8)(H,9,10)(H,11,12)/b27-15+;. The summed E-state index contributed by atoms with van der Waals surface area (Å²) in [4.78, 5) is 50.9. The number of hydrogen-bond acceptors (Lipinski definition) is 10. The van der Waals surface area contributed by atoms with Crippen molar-refractivity contribution in [3.05, 3.63) is 65.5 Å². The van der Waals surface area contributed by atoms with E-state index >= 15 is 0 Å². The lowest BCUT2D eigenvalue weighted by molar-refractivity contribution is -0.170. The number of aliphatic carboxylic acids is 3. The molecule has 0 bridgehead atoms. The SMILES string of the molecule is CC(=O)NCC1CC(c2ccc(N3CCN(C(=S)N/N=C/c4ccccc4)CC3)c(F)c2)=NO1.O=C(O)CC(O)(CC(=O)O)C(=O)O. The molecule has 2 aliphatic heterocycles. The third kappa shape index (κ3) is 11.3. The largest absolute Gasteiger partial charge is 0.481 e. The molecule has 252 valence electrons. The van der Waals surface area contributed by atoms with Crippen LogP contribution < -0.4 is 15.6 Å². The van der Waals surface area contributed by atoms with E-state index in [2.05, 4.69) is 21.0 Å². The number of amides is 1. The van der Waals surface area contributed by atoms with Crippen molar-refractivity contribution in [3.8, 4) is 0 Å². The van der Waals surface area contributed by atoms with E-state index in [4.69, 9.17) is 37.5 Å². The number of rotatable bonds is 11. The molecular formula is C30H35FN6O9S. The highest BCUT2D eigenvalue weighted by atomic mass is 32.1. The zero-order valence-electron chi connectivity index (χ0n) is 25.3. The summed E-state index contributed by atoms with van der Waals surface area (Å²) in [6.45, 7) is 4.45. The fourth-order valence-corrected chi connectivity index (χ4v) is 4.78. The second-order valence-corrected chi connectivity index (χ2v) is 11.0. The van der Waals surface area contributed by atoms with Crippen LogP contribution in [0.1, 0.15) is 37.3 Å². The minimum atomic E-state index is -2.74. The molecule has 0 radical (unpaired) electrons. The lowest BCUT2D eigenvalue weighted by atomic mass is 9.96. The first-order chi connectivity index (χ1) is 22.3. The average molecular weight is 675 g/mol. The monoisotopic (exact) mass is 674 g/mol. The van der Waals surface area contributed by atoms with Crippen LogP contribution in [0.4, 0.5) is 10.1 Å². The number of thiocarbonyl (C=S) groups is 1. The lowest BCUT2D eigenvalue weighted by Gasteiger charge is -2.37. The van der Waals surface area contributed by atoms with Gasteiger partial charge in [0.2, 0.25) is 5.91 Å². The van der Waals surface area contributed by atoms with Crippen molar-refractivity contribution in [1.29, 1.82) is 0 Å². The van der Waals surface area contributed by atoms with Crippen molar-refractivity contribution in [3.63, 3.8) is 0 Å². The van der Waals surface area contributed by atoms with Crippen molar-refractivity contribution in [2.24, 2.45) is 10.3 Å². The number of piperazine rings is 1. The van der Waals surface area contributed by atoms with Crippen molar-refractivity contribution in [1.82, 2.24) is 15.6 Å². The van der Waals surface area contributed by atoms with Crippen LogP contribution in [0.5, 0.6) is 0 Å². The first-order valence-electron chi connectivity index (χ1n) is 14.3. The summed E-state index contributed by atoms with van der Waals surface area (Å²) in [5, 5.41) is 45.3. The van der Waals surface area contributed by atoms with Gasteiger partial charge in [-0.15, -0.1) is 0 Å². The van der Waals surface area contributed by atoms with Crippen molar-refractivity contribution in [2.75, 3.05) is 37.6 Å². The predicted molar refractivity (Wildman–Crippen MR) is 172 cm³/mol. The minimum Gasteiger partial charge on any atom is -0.481 e. The predicted octanol–water partition coefficient (Wildman–Crippen LogP) is 1.24. The van der Waals surface area contributed by atoms with E-state index in [1.807, 2.05) is 46.2 Å². The van der Waals surface area contributed by atoms with E-state index in [0.717, 1.165) is 5.56 Å². The number of halogens is 1. The Labute approximate surface area is 274 Å². The molecule has 1 unspecified atom stereocenters. The first-order valence-corrected chi connectivity index (χ1v) is 14.7. The van der Waals surface area contributed by atoms with Crippen LogP contribution >= 0.6 is 12.2 Å². The summed E-state index contributed by atoms with van der Waals surface area (Å²) in [5.41, 5.74) is 3.08. The van der Waals surface area contributed by atoms with Gasteiger partial charge in [-0.3, -0.25) is 19.8 Å². The summed E-state index contributed by atoms with van der Waals surface area (Å²) >= 11 is 5.45. The molecule has 2 heterocycles. The van der Waals surface area contributed by atoms with Gasteiger partial charge in [-0.2, -0.15) is 5.10 Å². The maximum atomic E-state index is 15.0. The highest BCUT2D eigenvalue weighted by molar-refractivity contribution is 7.80. The maximum Gasteiger partial charge on any atom is 0.336 e. The number of carboxylic acids is 3. The molecule has 2 aliphatic rings. The normalized spacial score (nSPS) is 16.0. The van der Waals surface area contributed by atoms with Gasteiger partial charge in [0.25, 0.3) is 0 Å². The number of aliphatic hydroxyl groups is 1. The number of hydrazone groups is 1. The maximum absolute atomic E-state index is 15.0. The minimum absolute atomic E-state index is 0.121. The molecule has 0 saturated carbocycles. The van der Waals surface area contributed by atoms with Crippen LogP contribution in [0, 0.1) is 5.82 Å². The Morgan fingerprint density at radius 1 is 1.06 bits per heavy atom. The number of carbonyl (C=O) groups is 4. The molecule has 17 heteroatoms. The Kier molecular flexibility index (Phi) is 13.1. The van der Waals surface area contributed by atoms with Gasteiger partial charge in [0.05, 0.1) is 37.0 Å². The molecule has 47 heavy (non-hydrogen) atoms. The van der Waals surface area contributed by atoms with Gasteiger partial charge in [0.15, 0.2) is 10.7 Å². The van der Waals surface area contributed by atoms with E-state index < -0.39 is 36.4 Å². The first kappa shape index (κ1) is 36.3. The molecule has 15 nitrogen and oxygen atoms in total. The Balaban J connectivity index is 0.000000392. The molecule has 4 rings (SSSR count). The van der Waals surface area contributed by atoms with Crippen molar-refractivity contribution >= 4 is 58.8 Å². The molecule has 1 amide bonds.